The number of carbonyl (C=O) groups excluding carboxylic acids is 1. The summed E-state index contributed by atoms with van der Waals surface area (Å²) >= 11 is 12.3. The number of para-hydroxylation sites is 1. The normalized spacial score (nSPS) is 17.9. The average Bonchev–Trinajstić information content (AvgIpc) is 2.68. The van der Waals surface area contributed by atoms with Crippen LogP contribution in [0.2, 0.25) is 10.0 Å². The van der Waals surface area contributed by atoms with Gasteiger partial charge in [-0.2, -0.15) is 0 Å². The number of piperidine rings is 1. The van der Waals surface area contributed by atoms with Crippen molar-refractivity contribution in [2.24, 2.45) is 5.92 Å². The van der Waals surface area contributed by atoms with Gasteiger partial charge in [0.1, 0.15) is 0 Å². The molecule has 5 nitrogen and oxygen atoms in total. The summed E-state index contributed by atoms with van der Waals surface area (Å²) in [6.07, 6.45) is 1.27. The van der Waals surface area contributed by atoms with Crippen molar-refractivity contribution in [1.29, 1.82) is 0 Å². The van der Waals surface area contributed by atoms with E-state index < -0.39 is 15.9 Å². The molecule has 1 N–H and O–H groups in total. The van der Waals surface area contributed by atoms with Crippen molar-refractivity contribution in [3.63, 3.8) is 0 Å². The van der Waals surface area contributed by atoms with Gasteiger partial charge in [-0.3, -0.25) is 4.79 Å². The Morgan fingerprint density at radius 2 is 1.69 bits per heavy atom. The highest BCUT2D eigenvalue weighted by atomic mass is 35.5. The maximum absolute atomic E-state index is 13.0. The molecule has 8 heteroatoms. The maximum atomic E-state index is 13.0. The lowest BCUT2D eigenvalue weighted by molar-refractivity contribution is -0.120. The molecular formula is C21H24Cl2N2O3S. The summed E-state index contributed by atoms with van der Waals surface area (Å²) in [5.41, 5.74) is 3.14. The number of amides is 1. The molecule has 0 bridgehead atoms. The van der Waals surface area contributed by atoms with Crippen molar-refractivity contribution in [2.75, 3.05) is 18.4 Å². The van der Waals surface area contributed by atoms with E-state index in [1.807, 2.05) is 32.0 Å². The molecule has 156 valence electrons. The Morgan fingerprint density at radius 3 is 2.31 bits per heavy atom. The number of hydrogen-bond donors (Lipinski definition) is 1. The molecule has 1 aliphatic heterocycles. The smallest absolute Gasteiger partial charge is 0.228 e. The molecule has 0 radical (unpaired) electrons. The molecule has 1 saturated heterocycles. The van der Waals surface area contributed by atoms with Crippen LogP contribution in [0.15, 0.2) is 36.4 Å². The Bertz CT molecular complexity index is 984. The third kappa shape index (κ3) is 5.12. The van der Waals surface area contributed by atoms with Crippen LogP contribution in [-0.4, -0.2) is 31.7 Å². The second-order valence-corrected chi connectivity index (χ2v) is 10.2. The predicted molar refractivity (Wildman–Crippen MR) is 118 cm³/mol. The molecule has 0 aromatic heterocycles. The molecule has 1 aliphatic rings. The van der Waals surface area contributed by atoms with Gasteiger partial charge < -0.3 is 5.32 Å². The second kappa shape index (κ2) is 9.04. The van der Waals surface area contributed by atoms with Gasteiger partial charge in [-0.1, -0.05) is 47.5 Å². The molecule has 1 fully saturated rings. The van der Waals surface area contributed by atoms with E-state index >= 15 is 0 Å². The van der Waals surface area contributed by atoms with Crippen LogP contribution in [0, 0.1) is 19.8 Å². The Labute approximate surface area is 182 Å². The zero-order chi connectivity index (χ0) is 21.2. The number of halogens is 2. The van der Waals surface area contributed by atoms with Crippen LogP contribution >= 0.6 is 23.2 Å². The van der Waals surface area contributed by atoms with Gasteiger partial charge in [-0.25, -0.2) is 12.7 Å². The second-order valence-electron chi connectivity index (χ2n) is 7.41. The summed E-state index contributed by atoms with van der Waals surface area (Å²) in [7, 11) is -3.65. The molecule has 1 atom stereocenters. The van der Waals surface area contributed by atoms with Crippen LogP contribution in [0.4, 0.5) is 5.69 Å². The lowest BCUT2D eigenvalue weighted by atomic mass is 9.98. The molecule has 1 heterocycles. The monoisotopic (exact) mass is 454 g/mol. The van der Waals surface area contributed by atoms with Crippen molar-refractivity contribution in [3.05, 3.63) is 63.1 Å². The van der Waals surface area contributed by atoms with Crippen molar-refractivity contribution in [2.45, 2.75) is 32.4 Å². The zero-order valence-electron chi connectivity index (χ0n) is 16.4. The molecule has 0 saturated carbocycles. The number of aryl methyl sites for hydroxylation is 2. The van der Waals surface area contributed by atoms with Crippen molar-refractivity contribution in [1.82, 2.24) is 4.31 Å². The van der Waals surface area contributed by atoms with Crippen molar-refractivity contribution < 1.29 is 13.2 Å². The van der Waals surface area contributed by atoms with E-state index in [2.05, 4.69) is 5.32 Å². The topological polar surface area (TPSA) is 66.5 Å². The Balaban J connectivity index is 1.73. The fourth-order valence-electron chi connectivity index (χ4n) is 3.59. The lowest BCUT2D eigenvalue weighted by Gasteiger charge is -2.31. The zero-order valence-corrected chi connectivity index (χ0v) is 18.7. The third-order valence-corrected chi connectivity index (χ3v) is 7.75. The Kier molecular flexibility index (Phi) is 6.89. The number of benzene rings is 2. The number of nitrogens with zero attached hydrogens (tertiary/aromatic N) is 1. The predicted octanol–water partition coefficient (Wildman–Crippen LogP) is 4.79. The molecule has 0 spiro atoms. The van der Waals surface area contributed by atoms with Crippen LogP contribution in [0.1, 0.15) is 29.5 Å². The number of anilines is 1. The first-order chi connectivity index (χ1) is 13.7. The summed E-state index contributed by atoms with van der Waals surface area (Å²) in [4.78, 5) is 12.8. The number of sulfonamides is 1. The number of carbonyl (C=O) groups is 1. The molecule has 3 rings (SSSR count). The van der Waals surface area contributed by atoms with E-state index in [1.165, 1.54) is 4.31 Å². The largest absolute Gasteiger partial charge is 0.325 e. The SMILES string of the molecule is Cc1cccc(C)c1NC(=O)C1CCCN(S(=O)(=O)Cc2c(Cl)cccc2Cl)C1. The number of rotatable bonds is 5. The highest BCUT2D eigenvalue weighted by Gasteiger charge is 2.33. The molecular weight excluding hydrogens is 431 g/mol. The lowest BCUT2D eigenvalue weighted by Crippen LogP contribution is -2.44. The van der Waals surface area contributed by atoms with E-state index in [-0.39, 0.29) is 18.2 Å². The summed E-state index contributed by atoms with van der Waals surface area (Å²) in [5, 5.41) is 3.63. The van der Waals surface area contributed by atoms with Crippen LogP contribution in [0.3, 0.4) is 0 Å². The van der Waals surface area contributed by atoms with Gasteiger partial charge in [0.2, 0.25) is 15.9 Å². The molecule has 29 heavy (non-hydrogen) atoms. The van der Waals surface area contributed by atoms with Gasteiger partial charge in [-0.05, 0) is 49.9 Å². The Hall–Kier alpha value is -1.60. The molecule has 2 aromatic rings. The summed E-state index contributed by atoms with van der Waals surface area (Å²) < 4.78 is 27.3. The van der Waals surface area contributed by atoms with Gasteiger partial charge in [-0.15, -0.1) is 0 Å². The first kappa shape index (κ1) is 22.1. The van der Waals surface area contributed by atoms with E-state index in [9.17, 15) is 13.2 Å². The molecule has 1 unspecified atom stereocenters. The molecule has 0 aliphatic carbocycles. The van der Waals surface area contributed by atoms with Crippen LogP contribution in [0.25, 0.3) is 0 Å². The quantitative estimate of drug-likeness (QED) is 0.705. The molecule has 1 amide bonds. The van der Waals surface area contributed by atoms with Crippen molar-refractivity contribution >= 4 is 44.8 Å². The number of hydrogen-bond acceptors (Lipinski definition) is 3. The van der Waals surface area contributed by atoms with Gasteiger partial charge in [0.25, 0.3) is 0 Å². The van der Waals surface area contributed by atoms with Gasteiger partial charge in [0.15, 0.2) is 0 Å². The highest BCUT2D eigenvalue weighted by molar-refractivity contribution is 7.88. The third-order valence-electron chi connectivity index (χ3n) is 5.27. The summed E-state index contributed by atoms with van der Waals surface area (Å²) in [5.74, 6) is -0.839. The van der Waals surface area contributed by atoms with Gasteiger partial charge in [0.05, 0.1) is 11.7 Å². The average molecular weight is 455 g/mol. The summed E-state index contributed by atoms with van der Waals surface area (Å²) in [6.45, 7) is 4.42. The number of nitrogens with one attached hydrogen (secondary N) is 1. The van der Waals surface area contributed by atoms with Crippen LogP contribution in [0.5, 0.6) is 0 Å². The fourth-order valence-corrected chi connectivity index (χ4v) is 5.95. The van der Waals surface area contributed by atoms with Gasteiger partial charge in [0, 0.05) is 34.4 Å². The molecule has 2 aromatic carbocycles. The highest BCUT2D eigenvalue weighted by Crippen LogP contribution is 2.29. The van der Waals surface area contributed by atoms with Gasteiger partial charge >= 0.3 is 0 Å². The van der Waals surface area contributed by atoms with E-state index in [1.54, 1.807) is 18.2 Å². The first-order valence-electron chi connectivity index (χ1n) is 9.47. The maximum Gasteiger partial charge on any atom is 0.228 e. The minimum atomic E-state index is -3.65. The first-order valence-corrected chi connectivity index (χ1v) is 11.8. The Morgan fingerprint density at radius 1 is 1.10 bits per heavy atom. The van der Waals surface area contributed by atoms with Crippen molar-refractivity contribution in [3.8, 4) is 0 Å². The fraction of sp³-hybridized carbons (Fsp3) is 0.381. The standard InChI is InChI=1S/C21H24Cl2N2O3S/c1-14-6-3-7-15(2)20(14)24-21(26)16-8-5-11-25(12-16)29(27,28)13-17-18(22)9-4-10-19(17)23/h3-4,6-7,9-10,16H,5,8,11-13H2,1-2H3,(H,24,26). The van der Waals surface area contributed by atoms with Crippen LogP contribution < -0.4 is 5.32 Å². The minimum Gasteiger partial charge on any atom is -0.325 e. The van der Waals surface area contributed by atoms with E-state index in [0.29, 0.717) is 35.0 Å². The minimum absolute atomic E-state index is 0.154. The van der Waals surface area contributed by atoms with E-state index in [0.717, 1.165) is 16.8 Å². The summed E-state index contributed by atoms with van der Waals surface area (Å²) in [6, 6.07) is 10.7. The van der Waals surface area contributed by atoms with Crippen LogP contribution in [-0.2, 0) is 20.6 Å². The van der Waals surface area contributed by atoms with E-state index in [4.69, 9.17) is 23.2 Å².